The number of fused-ring (bicyclic) bond motifs is 1. The Bertz CT molecular complexity index is 1480. The molecule has 2 aromatic carbocycles. The van der Waals surface area contributed by atoms with E-state index in [1.165, 1.54) is 12.1 Å². The van der Waals surface area contributed by atoms with Gasteiger partial charge in [-0.25, -0.2) is 23.7 Å². The number of rotatable bonds is 6. The van der Waals surface area contributed by atoms with Gasteiger partial charge in [0, 0.05) is 49.0 Å². The van der Waals surface area contributed by atoms with Crippen LogP contribution < -0.4 is 10.2 Å². The lowest BCUT2D eigenvalue weighted by Crippen LogP contribution is -2.28. The summed E-state index contributed by atoms with van der Waals surface area (Å²) in [7, 11) is 0. The van der Waals surface area contributed by atoms with Crippen LogP contribution in [0.1, 0.15) is 24.5 Å². The Morgan fingerprint density at radius 3 is 2.57 bits per heavy atom. The number of aromatic nitrogens is 3. The van der Waals surface area contributed by atoms with Crippen molar-refractivity contribution in [2.75, 3.05) is 16.8 Å². The lowest BCUT2D eigenvalue weighted by molar-refractivity contribution is 0.0175. The number of aryl methyl sites for hydroxylation is 1. The Balaban J connectivity index is 1.46. The van der Waals surface area contributed by atoms with Gasteiger partial charge in [-0.1, -0.05) is 55.1 Å². The summed E-state index contributed by atoms with van der Waals surface area (Å²) in [6, 6.07) is 19.8. The van der Waals surface area contributed by atoms with E-state index in [0.29, 0.717) is 47.5 Å². The Labute approximate surface area is 214 Å². The van der Waals surface area contributed by atoms with E-state index in [1.54, 1.807) is 24.4 Å². The van der Waals surface area contributed by atoms with Crippen LogP contribution in [0, 0.1) is 6.92 Å². The number of benzene rings is 2. The quantitative estimate of drug-likeness (QED) is 0.308. The molecule has 1 N–H and O–H groups in total. The minimum absolute atomic E-state index is 0.0616. The fraction of sp³-hybridized carbons (Fsp3) is 0.172. The third-order valence-corrected chi connectivity index (χ3v) is 6.09. The maximum absolute atomic E-state index is 13.9. The molecule has 2 aromatic heterocycles. The van der Waals surface area contributed by atoms with Crippen LogP contribution in [0.25, 0.3) is 22.5 Å². The molecule has 6 nitrogen and oxygen atoms in total. The van der Waals surface area contributed by atoms with Crippen molar-refractivity contribution in [2.24, 2.45) is 4.99 Å². The molecule has 0 aliphatic carbocycles. The average Bonchev–Trinajstić information content (AvgIpc) is 3.12. The lowest BCUT2D eigenvalue weighted by atomic mass is 10.0. The number of nitrogens with one attached hydrogen (secondary N) is 1. The second-order valence-corrected chi connectivity index (χ2v) is 8.92. The van der Waals surface area contributed by atoms with Crippen LogP contribution >= 0.6 is 0 Å². The molecule has 0 atom stereocenters. The van der Waals surface area contributed by atoms with Gasteiger partial charge in [0.15, 0.2) is 5.82 Å². The van der Waals surface area contributed by atoms with Crippen molar-refractivity contribution in [3.05, 3.63) is 96.5 Å². The van der Waals surface area contributed by atoms with Crippen molar-refractivity contribution in [1.29, 1.82) is 0 Å². The molecular formula is C29H26F2N6. The summed E-state index contributed by atoms with van der Waals surface area (Å²) in [5, 5.41) is 3.22. The van der Waals surface area contributed by atoms with Crippen LogP contribution in [0.15, 0.2) is 90.3 Å². The normalized spacial score (nSPS) is 13.1. The van der Waals surface area contributed by atoms with E-state index in [-0.39, 0.29) is 5.56 Å². The molecule has 5 rings (SSSR count). The lowest BCUT2D eigenvalue weighted by Gasteiger charge is -2.26. The highest BCUT2D eigenvalue weighted by Crippen LogP contribution is 2.35. The second kappa shape index (κ2) is 9.89. The molecule has 0 saturated carbocycles. The highest BCUT2D eigenvalue weighted by Gasteiger charge is 2.25. The van der Waals surface area contributed by atoms with Crippen LogP contribution in [0.3, 0.4) is 0 Å². The first-order valence-electron chi connectivity index (χ1n) is 11.9. The van der Waals surface area contributed by atoms with Crippen LogP contribution in [0.5, 0.6) is 0 Å². The van der Waals surface area contributed by atoms with Crippen molar-refractivity contribution in [3.8, 4) is 22.5 Å². The van der Waals surface area contributed by atoms with Gasteiger partial charge in [0.2, 0.25) is 5.95 Å². The summed E-state index contributed by atoms with van der Waals surface area (Å²) in [4.78, 5) is 20.4. The number of hydrogen-bond donors (Lipinski definition) is 1. The van der Waals surface area contributed by atoms with Gasteiger partial charge in [-0.2, -0.15) is 0 Å². The fourth-order valence-corrected chi connectivity index (χ4v) is 4.16. The number of anilines is 2. The Morgan fingerprint density at radius 2 is 1.78 bits per heavy atom. The summed E-state index contributed by atoms with van der Waals surface area (Å²) in [5.41, 5.74) is 4.56. The first-order valence-corrected chi connectivity index (χ1v) is 11.9. The molecule has 1 aliphatic heterocycles. The molecule has 0 fully saturated rings. The van der Waals surface area contributed by atoms with Gasteiger partial charge in [-0.05, 0) is 30.7 Å². The maximum atomic E-state index is 13.9. The van der Waals surface area contributed by atoms with Gasteiger partial charge in [0.25, 0.3) is 5.92 Å². The van der Waals surface area contributed by atoms with Gasteiger partial charge in [-0.3, -0.25) is 4.99 Å². The number of aliphatic imine (C=N–C) groups is 1. The van der Waals surface area contributed by atoms with Gasteiger partial charge in [-0.15, -0.1) is 0 Å². The summed E-state index contributed by atoms with van der Waals surface area (Å²) in [5.74, 6) is -1.42. The first-order chi connectivity index (χ1) is 17.8. The van der Waals surface area contributed by atoms with E-state index >= 15 is 0 Å². The van der Waals surface area contributed by atoms with Crippen LogP contribution in [-0.4, -0.2) is 27.7 Å². The number of halogens is 2. The van der Waals surface area contributed by atoms with Crippen LogP contribution in [0.2, 0.25) is 0 Å². The largest absolute Gasteiger partial charge is 0.311 e. The van der Waals surface area contributed by atoms with Crippen molar-refractivity contribution < 1.29 is 8.78 Å². The van der Waals surface area contributed by atoms with Crippen molar-refractivity contribution in [1.82, 2.24) is 15.0 Å². The predicted octanol–water partition coefficient (Wildman–Crippen LogP) is 7.12. The van der Waals surface area contributed by atoms with Gasteiger partial charge in [0.05, 0.1) is 11.4 Å². The maximum Gasteiger partial charge on any atom is 0.270 e. The SMILES string of the molecule is C=C(Nc1ncc(C)c(-c2ccccc2)n1)N1CCC=Nc2ccc(-c3cccc(C(C)(F)F)c3)nc21. The Morgan fingerprint density at radius 1 is 1.00 bits per heavy atom. The standard InChI is InChI=1S/C29H26F2N6/c1-19-18-33-28(36-26(19)21-9-5-4-6-10-21)34-20(2)37-16-8-15-32-25-14-13-24(35-27(25)37)22-11-7-12-23(17-22)29(3,30)31/h4-7,9-15,17-18H,2,8,16H2,1,3H3,(H,33,34,36). The van der Waals surface area contributed by atoms with E-state index in [0.717, 1.165) is 23.7 Å². The zero-order chi connectivity index (χ0) is 26.0. The molecular weight excluding hydrogens is 470 g/mol. The zero-order valence-corrected chi connectivity index (χ0v) is 20.6. The summed E-state index contributed by atoms with van der Waals surface area (Å²) in [6.45, 7) is 7.66. The van der Waals surface area contributed by atoms with Crippen molar-refractivity contribution in [3.63, 3.8) is 0 Å². The number of nitrogens with zero attached hydrogens (tertiary/aromatic N) is 5. The van der Waals surface area contributed by atoms with E-state index in [4.69, 9.17) is 9.97 Å². The molecule has 4 aromatic rings. The monoisotopic (exact) mass is 496 g/mol. The van der Waals surface area contributed by atoms with Crippen molar-refractivity contribution >= 4 is 23.7 Å². The molecule has 37 heavy (non-hydrogen) atoms. The number of hydrogen-bond acceptors (Lipinski definition) is 6. The average molecular weight is 497 g/mol. The van der Waals surface area contributed by atoms with Gasteiger partial charge >= 0.3 is 0 Å². The number of alkyl halides is 2. The van der Waals surface area contributed by atoms with E-state index in [1.807, 2.05) is 54.4 Å². The van der Waals surface area contributed by atoms with E-state index in [2.05, 4.69) is 21.9 Å². The van der Waals surface area contributed by atoms with Crippen LogP contribution in [-0.2, 0) is 5.92 Å². The highest BCUT2D eigenvalue weighted by molar-refractivity contribution is 5.78. The molecule has 8 heteroatoms. The minimum Gasteiger partial charge on any atom is -0.311 e. The zero-order valence-electron chi connectivity index (χ0n) is 20.6. The molecule has 0 radical (unpaired) electrons. The van der Waals surface area contributed by atoms with E-state index < -0.39 is 5.92 Å². The predicted molar refractivity (Wildman–Crippen MR) is 144 cm³/mol. The topological polar surface area (TPSA) is 66.3 Å². The molecule has 1 aliphatic rings. The summed E-state index contributed by atoms with van der Waals surface area (Å²) < 4.78 is 27.9. The summed E-state index contributed by atoms with van der Waals surface area (Å²) in [6.07, 6.45) is 4.28. The first kappa shape index (κ1) is 24.2. The summed E-state index contributed by atoms with van der Waals surface area (Å²) >= 11 is 0. The van der Waals surface area contributed by atoms with Gasteiger partial charge in [0.1, 0.15) is 11.5 Å². The highest BCUT2D eigenvalue weighted by atomic mass is 19.3. The smallest absolute Gasteiger partial charge is 0.270 e. The van der Waals surface area contributed by atoms with E-state index in [9.17, 15) is 8.78 Å². The fourth-order valence-electron chi connectivity index (χ4n) is 4.16. The Hall–Kier alpha value is -4.46. The van der Waals surface area contributed by atoms with Crippen molar-refractivity contribution in [2.45, 2.75) is 26.2 Å². The molecule has 0 unspecified atom stereocenters. The third kappa shape index (κ3) is 5.23. The third-order valence-electron chi connectivity index (χ3n) is 6.09. The molecule has 0 amide bonds. The molecule has 0 bridgehead atoms. The minimum atomic E-state index is -2.94. The number of pyridine rings is 1. The molecule has 0 spiro atoms. The molecule has 3 heterocycles. The van der Waals surface area contributed by atoms with Gasteiger partial charge < -0.3 is 10.2 Å². The second-order valence-electron chi connectivity index (χ2n) is 8.92. The molecule has 0 saturated heterocycles. The Kier molecular flexibility index (Phi) is 6.48. The van der Waals surface area contributed by atoms with Crippen LogP contribution in [0.4, 0.5) is 26.2 Å². The molecule has 186 valence electrons.